The number of nitrogens with zero attached hydrogens (tertiary/aromatic N) is 4. The summed E-state index contributed by atoms with van der Waals surface area (Å²) in [6, 6.07) is 1.93. The Balaban J connectivity index is 2.19. The van der Waals surface area contributed by atoms with E-state index in [9.17, 15) is 4.79 Å². The molecule has 2 aromatic rings. The van der Waals surface area contributed by atoms with Crippen molar-refractivity contribution in [3.63, 3.8) is 0 Å². The second-order valence-electron chi connectivity index (χ2n) is 6.00. The summed E-state index contributed by atoms with van der Waals surface area (Å²) in [6.07, 6.45) is 1.39. The average molecular weight is 299 g/mol. The van der Waals surface area contributed by atoms with Crippen LogP contribution in [0.4, 0.5) is 5.82 Å². The second kappa shape index (κ2) is 5.51. The highest BCUT2D eigenvalue weighted by Gasteiger charge is 2.31. The van der Waals surface area contributed by atoms with Crippen LogP contribution in [0, 0.1) is 19.8 Å². The highest BCUT2D eigenvalue weighted by molar-refractivity contribution is 6.02. The highest BCUT2D eigenvalue weighted by atomic mass is 16.1. The molecule has 6 heteroatoms. The summed E-state index contributed by atoms with van der Waals surface area (Å²) in [7, 11) is 0. The lowest BCUT2D eigenvalue weighted by Crippen LogP contribution is -2.20. The summed E-state index contributed by atoms with van der Waals surface area (Å²) in [5.41, 5.74) is 3.42. The maximum absolute atomic E-state index is 12.4. The van der Waals surface area contributed by atoms with Crippen LogP contribution in [0.1, 0.15) is 47.7 Å². The molecule has 6 nitrogen and oxygen atoms in total. The van der Waals surface area contributed by atoms with E-state index in [-0.39, 0.29) is 5.78 Å². The lowest BCUT2D eigenvalue weighted by molar-refractivity contribution is 0.0953. The number of nitrogens with one attached hydrogen (secondary N) is 1. The number of hydrogen-bond donors (Lipinski definition) is 1. The van der Waals surface area contributed by atoms with E-state index in [1.807, 2.05) is 26.8 Å². The van der Waals surface area contributed by atoms with Crippen LogP contribution < -0.4 is 5.32 Å². The summed E-state index contributed by atoms with van der Waals surface area (Å²) >= 11 is 0. The molecule has 1 N–H and O–H groups in total. The topological polar surface area (TPSA) is 72.7 Å². The molecule has 0 amide bonds. The second-order valence-corrected chi connectivity index (χ2v) is 6.00. The fourth-order valence-corrected chi connectivity index (χ4v) is 3.01. The van der Waals surface area contributed by atoms with Crippen LogP contribution in [0.5, 0.6) is 0 Å². The van der Waals surface area contributed by atoms with Gasteiger partial charge in [0.25, 0.3) is 5.95 Å². The smallest absolute Gasteiger partial charge is 0.251 e. The van der Waals surface area contributed by atoms with Gasteiger partial charge in [0.15, 0.2) is 11.6 Å². The molecule has 0 spiro atoms. The fraction of sp³-hybridized carbons (Fsp3) is 0.500. The van der Waals surface area contributed by atoms with Crippen LogP contribution in [0.15, 0.2) is 6.07 Å². The van der Waals surface area contributed by atoms with Gasteiger partial charge in [-0.1, -0.05) is 6.92 Å². The molecule has 3 rings (SSSR count). The highest BCUT2D eigenvalue weighted by Crippen LogP contribution is 2.31. The quantitative estimate of drug-likeness (QED) is 0.942. The van der Waals surface area contributed by atoms with E-state index in [0.717, 1.165) is 30.0 Å². The number of aryl methyl sites for hydroxylation is 2. The number of carbonyl (C=O) groups excluding carboxylic acids is 1. The third kappa shape index (κ3) is 2.49. The summed E-state index contributed by atoms with van der Waals surface area (Å²) < 4.78 is 1.74. The molecule has 2 aromatic heterocycles. The van der Waals surface area contributed by atoms with E-state index in [2.05, 4.69) is 27.3 Å². The molecule has 0 fully saturated rings. The lowest BCUT2D eigenvalue weighted by atomic mass is 9.88. The zero-order valence-corrected chi connectivity index (χ0v) is 13.5. The summed E-state index contributed by atoms with van der Waals surface area (Å²) in [5.74, 6) is 1.66. The molecule has 0 radical (unpaired) electrons. The van der Waals surface area contributed by atoms with E-state index in [4.69, 9.17) is 0 Å². The van der Waals surface area contributed by atoms with Crippen molar-refractivity contribution in [2.75, 3.05) is 11.9 Å². The zero-order chi connectivity index (χ0) is 15.9. The lowest BCUT2D eigenvalue weighted by Gasteiger charge is -2.18. The van der Waals surface area contributed by atoms with Crippen LogP contribution in [0.2, 0.25) is 0 Å². The van der Waals surface area contributed by atoms with Gasteiger partial charge >= 0.3 is 0 Å². The van der Waals surface area contributed by atoms with Crippen molar-refractivity contribution >= 4 is 11.6 Å². The minimum atomic E-state index is 0.153. The van der Waals surface area contributed by atoms with Crippen molar-refractivity contribution in [1.82, 2.24) is 19.7 Å². The monoisotopic (exact) mass is 299 g/mol. The predicted octanol–water partition coefficient (Wildman–Crippen LogP) is 2.48. The fourth-order valence-electron chi connectivity index (χ4n) is 3.01. The number of anilines is 1. The van der Waals surface area contributed by atoms with Gasteiger partial charge in [-0.3, -0.25) is 4.79 Å². The van der Waals surface area contributed by atoms with Crippen LogP contribution in [-0.2, 0) is 6.42 Å². The largest absolute Gasteiger partial charge is 0.368 e. The molecule has 1 atom stereocenters. The molecule has 1 aliphatic rings. The maximum Gasteiger partial charge on any atom is 0.251 e. The van der Waals surface area contributed by atoms with Crippen molar-refractivity contribution in [2.24, 2.45) is 5.92 Å². The normalized spacial score (nSPS) is 17.5. The first-order chi connectivity index (χ1) is 10.5. The van der Waals surface area contributed by atoms with Gasteiger partial charge in [0.1, 0.15) is 0 Å². The van der Waals surface area contributed by atoms with Gasteiger partial charge in [-0.15, -0.1) is 5.10 Å². The molecule has 0 unspecified atom stereocenters. The molecule has 0 aromatic carbocycles. The molecule has 2 heterocycles. The van der Waals surface area contributed by atoms with Crippen molar-refractivity contribution in [1.29, 1.82) is 0 Å². The Morgan fingerprint density at radius 3 is 2.59 bits per heavy atom. The molecule has 1 aliphatic carbocycles. The van der Waals surface area contributed by atoms with E-state index < -0.39 is 0 Å². The van der Waals surface area contributed by atoms with Gasteiger partial charge in [-0.25, -0.2) is 14.6 Å². The van der Waals surface area contributed by atoms with Crippen LogP contribution in [0.3, 0.4) is 0 Å². The van der Waals surface area contributed by atoms with Gasteiger partial charge in [0.2, 0.25) is 0 Å². The number of hydrogen-bond acceptors (Lipinski definition) is 5. The van der Waals surface area contributed by atoms with E-state index in [0.29, 0.717) is 29.7 Å². The van der Waals surface area contributed by atoms with Gasteiger partial charge in [0, 0.05) is 24.4 Å². The first-order valence-electron chi connectivity index (χ1n) is 7.71. The van der Waals surface area contributed by atoms with Crippen molar-refractivity contribution in [3.8, 4) is 5.95 Å². The summed E-state index contributed by atoms with van der Waals surface area (Å²) in [6.45, 7) is 8.68. The standard InChI is InChI=1S/C16H21N5O/c1-5-17-15-14-12(6-9(2)7-13(14)22)21(20-15)16-18-10(3)8-11(4)19-16/h8-9H,5-7H2,1-4H3,(H,17,20)/t9-/m0/s1. The summed E-state index contributed by atoms with van der Waals surface area (Å²) in [5, 5.41) is 7.77. The molecule has 0 bridgehead atoms. The number of rotatable bonds is 3. The van der Waals surface area contributed by atoms with E-state index in [1.165, 1.54) is 0 Å². The maximum atomic E-state index is 12.4. The molecule has 0 saturated carbocycles. The Morgan fingerprint density at radius 1 is 1.27 bits per heavy atom. The van der Waals surface area contributed by atoms with Gasteiger partial charge in [-0.05, 0) is 39.2 Å². The molecular formula is C16H21N5O. The number of carbonyl (C=O) groups is 1. The Kier molecular flexibility index (Phi) is 3.68. The first-order valence-corrected chi connectivity index (χ1v) is 7.71. The van der Waals surface area contributed by atoms with E-state index in [1.54, 1.807) is 4.68 Å². The number of Topliss-reactive ketones (excluding diaryl/α,β-unsaturated/α-hetero) is 1. The Labute approximate surface area is 130 Å². The summed E-state index contributed by atoms with van der Waals surface area (Å²) in [4.78, 5) is 21.4. The van der Waals surface area contributed by atoms with Crippen molar-refractivity contribution in [2.45, 2.75) is 40.5 Å². The zero-order valence-electron chi connectivity index (χ0n) is 13.5. The molecule has 22 heavy (non-hydrogen) atoms. The van der Waals surface area contributed by atoms with Gasteiger partial charge in [0.05, 0.1) is 11.3 Å². The average Bonchev–Trinajstić information content (AvgIpc) is 2.77. The van der Waals surface area contributed by atoms with Crippen molar-refractivity contribution in [3.05, 3.63) is 28.7 Å². The molecular weight excluding hydrogens is 278 g/mol. The van der Waals surface area contributed by atoms with Crippen LogP contribution in [-0.4, -0.2) is 32.1 Å². The van der Waals surface area contributed by atoms with Gasteiger partial charge in [-0.2, -0.15) is 0 Å². The Bertz CT molecular complexity index is 714. The molecule has 116 valence electrons. The van der Waals surface area contributed by atoms with Gasteiger partial charge < -0.3 is 5.32 Å². The van der Waals surface area contributed by atoms with Crippen LogP contribution in [0.25, 0.3) is 5.95 Å². The SMILES string of the molecule is CCNc1nn(-c2nc(C)cc(C)n2)c2c1C(=O)C[C@@H](C)C2. The Morgan fingerprint density at radius 2 is 1.95 bits per heavy atom. The first kappa shape index (κ1) is 14.7. The third-order valence-corrected chi connectivity index (χ3v) is 3.84. The Hall–Kier alpha value is -2.24. The minimum absolute atomic E-state index is 0.153. The number of aromatic nitrogens is 4. The minimum Gasteiger partial charge on any atom is -0.368 e. The molecule has 0 aliphatic heterocycles. The molecule has 0 saturated heterocycles. The van der Waals surface area contributed by atoms with E-state index >= 15 is 0 Å². The van der Waals surface area contributed by atoms with Crippen LogP contribution >= 0.6 is 0 Å². The number of ketones is 1. The predicted molar refractivity (Wildman–Crippen MR) is 84.6 cm³/mol. The van der Waals surface area contributed by atoms with Crippen molar-refractivity contribution < 1.29 is 4.79 Å². The number of fused-ring (bicyclic) bond motifs is 1. The third-order valence-electron chi connectivity index (χ3n) is 3.84.